The van der Waals surface area contributed by atoms with Gasteiger partial charge in [-0.25, -0.2) is 0 Å². The number of nitrogens with zero attached hydrogens (tertiary/aromatic N) is 1. The summed E-state index contributed by atoms with van der Waals surface area (Å²) in [6, 6.07) is 15.5. The largest absolute Gasteiger partial charge is 0.496 e. The highest BCUT2D eigenvalue weighted by Crippen LogP contribution is 2.34. The first-order valence-corrected chi connectivity index (χ1v) is 9.19. The van der Waals surface area contributed by atoms with Crippen molar-refractivity contribution in [2.75, 3.05) is 20.8 Å². The lowest BCUT2D eigenvalue weighted by molar-refractivity contribution is -0.142. The number of carbonyl (C=O) groups excluding carboxylic acids is 1. The maximum atomic E-state index is 11.7. The predicted octanol–water partition coefficient (Wildman–Crippen LogP) is 3.19. The number of methoxy groups -OCH3 is 2. The van der Waals surface area contributed by atoms with Crippen molar-refractivity contribution in [3.63, 3.8) is 0 Å². The normalized spacial score (nSPS) is 18.8. The van der Waals surface area contributed by atoms with Crippen LogP contribution in [0.5, 0.6) is 11.5 Å². The van der Waals surface area contributed by atoms with Gasteiger partial charge in [-0.2, -0.15) is 0 Å². The Kier molecular flexibility index (Phi) is 5.12. The highest BCUT2D eigenvalue weighted by molar-refractivity contribution is 5.89. The van der Waals surface area contributed by atoms with Gasteiger partial charge in [0.25, 0.3) is 0 Å². The second kappa shape index (κ2) is 7.86. The minimum Gasteiger partial charge on any atom is -0.496 e. The molecule has 1 aliphatic rings. The Labute approximate surface area is 163 Å². The van der Waals surface area contributed by atoms with Crippen molar-refractivity contribution in [2.45, 2.75) is 18.6 Å². The lowest BCUT2D eigenvalue weighted by atomic mass is 10.0. The monoisotopic (exact) mass is 378 g/mol. The molecule has 0 amide bonds. The Morgan fingerprint density at radius 2 is 1.96 bits per heavy atom. The quantitative estimate of drug-likeness (QED) is 0.688. The van der Waals surface area contributed by atoms with Gasteiger partial charge in [0.2, 0.25) is 0 Å². The third-order valence-electron chi connectivity index (χ3n) is 4.99. The van der Waals surface area contributed by atoms with E-state index in [1.165, 1.54) is 7.11 Å². The molecule has 0 bridgehead atoms. The lowest BCUT2D eigenvalue weighted by Gasteiger charge is -2.15. The smallest absolute Gasteiger partial charge is 0.323 e. The van der Waals surface area contributed by atoms with E-state index < -0.39 is 0 Å². The van der Waals surface area contributed by atoms with Gasteiger partial charge in [0.1, 0.15) is 23.6 Å². The van der Waals surface area contributed by atoms with Crippen LogP contribution in [-0.2, 0) is 9.53 Å². The number of hydrogen-bond donors (Lipinski definition) is 1. The van der Waals surface area contributed by atoms with E-state index in [1.54, 1.807) is 13.3 Å². The van der Waals surface area contributed by atoms with E-state index in [0.717, 1.165) is 33.5 Å². The van der Waals surface area contributed by atoms with Crippen LogP contribution in [0.4, 0.5) is 0 Å². The van der Waals surface area contributed by atoms with Crippen LogP contribution in [0.3, 0.4) is 0 Å². The van der Waals surface area contributed by atoms with Gasteiger partial charge in [-0.1, -0.05) is 24.3 Å². The van der Waals surface area contributed by atoms with Gasteiger partial charge in [0, 0.05) is 30.1 Å². The average molecular weight is 378 g/mol. The maximum absolute atomic E-state index is 11.7. The minimum absolute atomic E-state index is 0.0939. The zero-order valence-corrected chi connectivity index (χ0v) is 15.8. The molecule has 1 fully saturated rings. The Balaban J connectivity index is 1.61. The van der Waals surface area contributed by atoms with Gasteiger partial charge in [-0.05, 0) is 29.8 Å². The number of fused-ring (bicyclic) bond motifs is 1. The Morgan fingerprint density at radius 1 is 1.11 bits per heavy atom. The molecule has 3 aromatic rings. The summed E-state index contributed by atoms with van der Waals surface area (Å²) in [5.74, 6) is 1.32. The SMILES string of the molecule is COC(=O)C1CC(Oc2ccnc3cc(-c4ccccc4OC)ccc23)CN1. The van der Waals surface area contributed by atoms with Crippen LogP contribution in [0, 0.1) is 0 Å². The van der Waals surface area contributed by atoms with Crippen molar-refractivity contribution >= 4 is 16.9 Å². The summed E-state index contributed by atoms with van der Waals surface area (Å²) in [4.78, 5) is 16.2. The standard InChI is InChI=1S/C22H22N2O4/c1-26-20-6-4-3-5-16(20)14-7-8-17-18(11-14)23-10-9-21(17)28-15-12-19(24-13-15)22(25)27-2/h3-11,15,19,24H,12-13H2,1-2H3. The molecule has 4 rings (SSSR count). The fourth-order valence-corrected chi connectivity index (χ4v) is 3.57. The molecular formula is C22H22N2O4. The summed E-state index contributed by atoms with van der Waals surface area (Å²) in [7, 11) is 3.06. The van der Waals surface area contributed by atoms with Crippen molar-refractivity contribution in [2.24, 2.45) is 0 Å². The van der Waals surface area contributed by atoms with E-state index in [4.69, 9.17) is 14.2 Å². The Bertz CT molecular complexity index is 1000. The van der Waals surface area contributed by atoms with Crippen molar-refractivity contribution in [1.82, 2.24) is 10.3 Å². The average Bonchev–Trinajstić information content (AvgIpc) is 3.21. The van der Waals surface area contributed by atoms with Crippen molar-refractivity contribution < 1.29 is 19.0 Å². The number of esters is 1. The Morgan fingerprint density at radius 3 is 2.79 bits per heavy atom. The molecule has 2 aromatic carbocycles. The van der Waals surface area contributed by atoms with Gasteiger partial charge in [-0.3, -0.25) is 9.78 Å². The molecule has 1 aromatic heterocycles. The number of pyridine rings is 1. The number of para-hydroxylation sites is 1. The molecule has 0 aliphatic carbocycles. The topological polar surface area (TPSA) is 69.7 Å². The van der Waals surface area contributed by atoms with Crippen LogP contribution in [-0.4, -0.2) is 43.9 Å². The summed E-state index contributed by atoms with van der Waals surface area (Å²) >= 11 is 0. The molecule has 1 aliphatic heterocycles. The number of carbonyl (C=O) groups is 1. The molecular weight excluding hydrogens is 356 g/mol. The van der Waals surface area contributed by atoms with Crippen molar-refractivity contribution in [3.8, 4) is 22.6 Å². The third kappa shape index (κ3) is 3.51. The molecule has 6 heteroatoms. The summed E-state index contributed by atoms with van der Waals surface area (Å²) in [5, 5.41) is 4.07. The van der Waals surface area contributed by atoms with Gasteiger partial charge in [0.05, 0.1) is 19.7 Å². The first-order valence-electron chi connectivity index (χ1n) is 9.19. The van der Waals surface area contributed by atoms with E-state index in [9.17, 15) is 4.79 Å². The van der Waals surface area contributed by atoms with E-state index in [0.29, 0.717) is 13.0 Å². The highest BCUT2D eigenvalue weighted by Gasteiger charge is 2.31. The molecule has 2 heterocycles. The molecule has 0 saturated carbocycles. The number of hydrogen-bond acceptors (Lipinski definition) is 6. The first kappa shape index (κ1) is 18.3. The number of nitrogens with one attached hydrogen (secondary N) is 1. The number of benzene rings is 2. The summed E-state index contributed by atoms with van der Waals surface area (Å²) in [6.45, 7) is 0.600. The highest BCUT2D eigenvalue weighted by atomic mass is 16.5. The van der Waals surface area contributed by atoms with Crippen LogP contribution < -0.4 is 14.8 Å². The van der Waals surface area contributed by atoms with Gasteiger partial charge in [-0.15, -0.1) is 0 Å². The van der Waals surface area contributed by atoms with Crippen LogP contribution in [0.2, 0.25) is 0 Å². The molecule has 0 radical (unpaired) electrons. The van der Waals surface area contributed by atoms with Crippen molar-refractivity contribution in [3.05, 3.63) is 54.7 Å². The molecule has 2 atom stereocenters. The maximum Gasteiger partial charge on any atom is 0.323 e. The van der Waals surface area contributed by atoms with Gasteiger partial charge >= 0.3 is 5.97 Å². The van der Waals surface area contributed by atoms with Crippen LogP contribution in [0.1, 0.15) is 6.42 Å². The molecule has 144 valence electrons. The minimum atomic E-state index is -0.319. The number of rotatable bonds is 5. The predicted molar refractivity (Wildman–Crippen MR) is 107 cm³/mol. The summed E-state index contributed by atoms with van der Waals surface area (Å²) < 4.78 is 16.4. The van der Waals surface area contributed by atoms with Crippen molar-refractivity contribution in [1.29, 1.82) is 0 Å². The van der Waals surface area contributed by atoms with E-state index in [1.807, 2.05) is 48.5 Å². The molecule has 1 N–H and O–H groups in total. The van der Waals surface area contributed by atoms with E-state index in [-0.39, 0.29) is 18.1 Å². The van der Waals surface area contributed by atoms with Crippen LogP contribution in [0.15, 0.2) is 54.7 Å². The van der Waals surface area contributed by atoms with Gasteiger partial charge in [0.15, 0.2) is 0 Å². The molecule has 2 unspecified atom stereocenters. The molecule has 1 saturated heterocycles. The van der Waals surface area contributed by atoms with E-state index in [2.05, 4.69) is 10.3 Å². The first-order chi connectivity index (χ1) is 13.7. The second-order valence-corrected chi connectivity index (χ2v) is 6.70. The molecule has 28 heavy (non-hydrogen) atoms. The van der Waals surface area contributed by atoms with E-state index >= 15 is 0 Å². The summed E-state index contributed by atoms with van der Waals surface area (Å²) in [6.07, 6.45) is 2.23. The zero-order valence-electron chi connectivity index (χ0n) is 15.8. The second-order valence-electron chi connectivity index (χ2n) is 6.70. The lowest BCUT2D eigenvalue weighted by Crippen LogP contribution is -2.31. The Hall–Kier alpha value is -3.12. The summed E-state index contributed by atoms with van der Waals surface area (Å²) in [5.41, 5.74) is 2.89. The van der Waals surface area contributed by atoms with Crippen LogP contribution in [0.25, 0.3) is 22.0 Å². The molecule has 0 spiro atoms. The molecule has 6 nitrogen and oxygen atoms in total. The zero-order chi connectivity index (χ0) is 19.5. The van der Waals surface area contributed by atoms with Crippen LogP contribution >= 0.6 is 0 Å². The third-order valence-corrected chi connectivity index (χ3v) is 4.99. The fraction of sp³-hybridized carbons (Fsp3) is 0.273. The number of aromatic nitrogens is 1. The van der Waals surface area contributed by atoms with Gasteiger partial charge < -0.3 is 19.5 Å². The fourth-order valence-electron chi connectivity index (χ4n) is 3.57. The number of ether oxygens (including phenoxy) is 3.